The third kappa shape index (κ3) is 15.4. The molecule has 0 aliphatic carbocycles. The molecule has 0 saturated carbocycles. The molecule has 40 heavy (non-hydrogen) atoms. The number of rotatable bonds is 10. The number of carboxylic acids is 2. The van der Waals surface area contributed by atoms with E-state index in [2.05, 4.69) is 49.8 Å². The van der Waals surface area contributed by atoms with E-state index >= 15 is 0 Å². The molecule has 2 atom stereocenters. The van der Waals surface area contributed by atoms with Gasteiger partial charge in [0.15, 0.2) is 0 Å². The van der Waals surface area contributed by atoms with Crippen molar-refractivity contribution in [1.82, 2.24) is 0 Å². The molecule has 1 radical (unpaired) electrons. The molecule has 0 amide bonds. The zero-order chi connectivity index (χ0) is 30.1. The molecule has 2 N–H and O–H groups in total. The summed E-state index contributed by atoms with van der Waals surface area (Å²) in [4.78, 5) is 26.8. The monoisotopic (exact) mass is 599 g/mol. The quantitative estimate of drug-likeness (QED) is 0.310. The SMILES string of the molecule is CC(=O)[O-].CC(=O)[O-].CCC(C)c1cc(C)c(O)c(C=NCCCN=Cc2cc(C(C)CC)cc(C)c2O)c1.[Co+2]. The molecule has 8 nitrogen and oxygen atoms in total. The maximum absolute atomic E-state index is 10.3. The molecular formula is C31H44CoN2O6. The van der Waals surface area contributed by atoms with Crippen molar-refractivity contribution in [3.63, 3.8) is 0 Å². The van der Waals surface area contributed by atoms with Gasteiger partial charge in [0.2, 0.25) is 0 Å². The Balaban J connectivity index is 0. The van der Waals surface area contributed by atoms with Gasteiger partial charge in [-0.3, -0.25) is 9.98 Å². The van der Waals surface area contributed by atoms with Gasteiger partial charge in [-0.1, -0.05) is 39.8 Å². The molecule has 0 bridgehead atoms. The molecule has 9 heteroatoms. The van der Waals surface area contributed by atoms with Crippen LogP contribution in [0.25, 0.3) is 0 Å². The van der Waals surface area contributed by atoms with Crippen molar-refractivity contribution in [2.45, 2.75) is 86.5 Å². The summed E-state index contributed by atoms with van der Waals surface area (Å²) in [7, 11) is 0. The topological polar surface area (TPSA) is 145 Å². The Bertz CT molecular complexity index is 1040. The van der Waals surface area contributed by atoms with Crippen molar-refractivity contribution in [2.24, 2.45) is 9.98 Å². The van der Waals surface area contributed by atoms with Crippen LogP contribution in [0.2, 0.25) is 0 Å². The van der Waals surface area contributed by atoms with E-state index < -0.39 is 11.9 Å². The fourth-order valence-electron chi connectivity index (χ4n) is 3.49. The number of benzene rings is 2. The number of hydrogen-bond acceptors (Lipinski definition) is 8. The van der Waals surface area contributed by atoms with E-state index in [9.17, 15) is 10.2 Å². The van der Waals surface area contributed by atoms with Crippen LogP contribution in [0.5, 0.6) is 11.5 Å². The molecule has 0 heterocycles. The minimum absolute atomic E-state index is 0. The summed E-state index contributed by atoms with van der Waals surface area (Å²) in [5.41, 5.74) is 5.80. The summed E-state index contributed by atoms with van der Waals surface area (Å²) in [5, 5.41) is 38.4. The molecule has 0 aromatic heterocycles. The maximum atomic E-state index is 10.3. The fourth-order valence-corrected chi connectivity index (χ4v) is 3.49. The molecular weight excluding hydrogens is 555 g/mol. The second-order valence-corrected chi connectivity index (χ2v) is 9.58. The smallest absolute Gasteiger partial charge is 0.550 e. The van der Waals surface area contributed by atoms with Crippen LogP contribution in [0.3, 0.4) is 0 Å². The van der Waals surface area contributed by atoms with Crippen LogP contribution in [-0.4, -0.2) is 47.7 Å². The minimum atomic E-state index is -1.08. The van der Waals surface area contributed by atoms with Crippen LogP contribution >= 0.6 is 0 Å². The molecule has 2 aromatic carbocycles. The first kappa shape index (κ1) is 39.0. The van der Waals surface area contributed by atoms with E-state index in [4.69, 9.17) is 19.8 Å². The van der Waals surface area contributed by atoms with E-state index in [-0.39, 0.29) is 16.8 Å². The van der Waals surface area contributed by atoms with Gasteiger partial charge in [-0.25, -0.2) is 0 Å². The third-order valence-corrected chi connectivity index (χ3v) is 6.10. The van der Waals surface area contributed by atoms with Gasteiger partial charge in [0.1, 0.15) is 11.5 Å². The van der Waals surface area contributed by atoms with Crippen molar-refractivity contribution in [3.8, 4) is 11.5 Å². The molecule has 0 aliphatic heterocycles. The number of aliphatic carboxylic acids is 2. The average molecular weight is 600 g/mol. The van der Waals surface area contributed by atoms with Crippen LogP contribution in [0.15, 0.2) is 34.3 Å². The molecule has 2 unspecified atom stereocenters. The number of aromatic hydroxyl groups is 2. The first-order valence-corrected chi connectivity index (χ1v) is 13.3. The second kappa shape index (κ2) is 20.7. The first-order chi connectivity index (χ1) is 18.2. The molecule has 2 aromatic rings. The van der Waals surface area contributed by atoms with E-state index in [0.717, 1.165) is 55.4 Å². The molecule has 0 fully saturated rings. The van der Waals surface area contributed by atoms with E-state index in [1.54, 1.807) is 12.4 Å². The predicted molar refractivity (Wildman–Crippen MR) is 154 cm³/mol. The summed E-state index contributed by atoms with van der Waals surface area (Å²) in [5.74, 6) is -0.638. The Labute approximate surface area is 249 Å². The van der Waals surface area contributed by atoms with E-state index in [1.807, 2.05) is 26.0 Å². The normalized spacial score (nSPS) is 12.0. The number of phenols is 2. The van der Waals surface area contributed by atoms with E-state index in [1.165, 1.54) is 11.1 Å². The van der Waals surface area contributed by atoms with Gasteiger partial charge in [-0.05, 0) is 93.2 Å². The number of aryl methyl sites for hydroxylation is 2. The minimum Gasteiger partial charge on any atom is -0.550 e. The van der Waals surface area contributed by atoms with Crippen LogP contribution in [0, 0.1) is 13.8 Å². The molecule has 2 rings (SSSR count). The Morgan fingerprint density at radius 2 is 1.07 bits per heavy atom. The van der Waals surface area contributed by atoms with Gasteiger partial charge >= 0.3 is 16.8 Å². The van der Waals surface area contributed by atoms with Gasteiger partial charge in [0, 0.05) is 48.6 Å². The summed E-state index contributed by atoms with van der Waals surface area (Å²) >= 11 is 0. The molecule has 0 spiro atoms. The van der Waals surface area contributed by atoms with Crippen molar-refractivity contribution in [1.29, 1.82) is 0 Å². The zero-order valence-corrected chi connectivity index (χ0v) is 26.0. The molecule has 0 saturated heterocycles. The van der Waals surface area contributed by atoms with Crippen LogP contribution in [0.1, 0.15) is 106 Å². The number of hydrogen-bond donors (Lipinski definition) is 2. The zero-order valence-electron chi connectivity index (χ0n) is 24.9. The summed E-state index contributed by atoms with van der Waals surface area (Å²) < 4.78 is 0. The number of carbonyl (C=O) groups excluding carboxylic acids is 2. The molecule has 0 aliphatic rings. The Hall–Kier alpha value is -3.17. The number of phenolic OH excluding ortho intramolecular Hbond substituents is 2. The van der Waals surface area contributed by atoms with Crippen molar-refractivity contribution in [3.05, 3.63) is 57.6 Å². The average Bonchev–Trinajstić information content (AvgIpc) is 2.86. The van der Waals surface area contributed by atoms with Gasteiger partial charge in [0.05, 0.1) is 0 Å². The van der Waals surface area contributed by atoms with Crippen molar-refractivity contribution >= 4 is 24.4 Å². The van der Waals surface area contributed by atoms with Gasteiger partial charge in [0.25, 0.3) is 0 Å². The number of aliphatic imine (C=N–C) groups is 2. The van der Waals surface area contributed by atoms with Crippen LogP contribution in [0.4, 0.5) is 0 Å². The molecule has 223 valence electrons. The van der Waals surface area contributed by atoms with Gasteiger partial charge in [-0.15, -0.1) is 0 Å². The summed E-state index contributed by atoms with van der Waals surface area (Å²) in [6.07, 6.45) is 6.47. The van der Waals surface area contributed by atoms with Crippen molar-refractivity contribution < 1.29 is 46.8 Å². The summed E-state index contributed by atoms with van der Waals surface area (Å²) in [6, 6.07) is 8.19. The second-order valence-electron chi connectivity index (χ2n) is 9.58. The first-order valence-electron chi connectivity index (χ1n) is 13.3. The van der Waals surface area contributed by atoms with Crippen LogP contribution in [-0.2, 0) is 26.4 Å². The Morgan fingerprint density at radius 3 is 1.35 bits per heavy atom. The van der Waals surface area contributed by atoms with Gasteiger partial charge < -0.3 is 30.0 Å². The fraction of sp³-hybridized carbons (Fsp3) is 0.484. The van der Waals surface area contributed by atoms with Crippen LogP contribution < -0.4 is 10.2 Å². The number of carbonyl (C=O) groups is 2. The Morgan fingerprint density at radius 1 is 0.775 bits per heavy atom. The predicted octanol–water partition coefficient (Wildman–Crippen LogP) is 4.18. The largest absolute Gasteiger partial charge is 2.00 e. The number of nitrogens with zero attached hydrogens (tertiary/aromatic N) is 2. The number of carboxylic acid groups (broad SMARTS) is 2. The third-order valence-electron chi connectivity index (χ3n) is 6.10. The maximum Gasteiger partial charge on any atom is 2.00 e. The standard InChI is InChI=1S/C27H38N2O2.2C2H4O2.Co/c1-7-18(3)22-12-20(5)26(30)24(14-22)16-28-10-9-11-29-17-25-15-23(19(4)8-2)13-21(6)27(25)31;2*1-2(3)4;/h12-19,30-31H,7-11H2,1-6H3;2*1H3,(H,3,4);/q;;;+2/p-2. The summed E-state index contributed by atoms with van der Waals surface area (Å²) in [6.45, 7) is 15.8. The van der Waals surface area contributed by atoms with Gasteiger partial charge in [-0.2, -0.15) is 0 Å². The van der Waals surface area contributed by atoms with E-state index in [0.29, 0.717) is 36.4 Å². The Kier molecular flexibility index (Phi) is 20.2. The van der Waals surface area contributed by atoms with Crippen molar-refractivity contribution in [2.75, 3.05) is 13.1 Å².